The van der Waals surface area contributed by atoms with Gasteiger partial charge in [-0.2, -0.15) is 5.26 Å². The zero-order chi connectivity index (χ0) is 21.8. The number of hydrogen-bond acceptors (Lipinski definition) is 6. The third-order valence-electron chi connectivity index (χ3n) is 5.52. The molecule has 1 aliphatic heterocycles. The largest absolute Gasteiger partial charge is 0.495 e. The van der Waals surface area contributed by atoms with Crippen molar-refractivity contribution in [2.45, 2.75) is 11.9 Å². The average molecular weight is 433 g/mol. The van der Waals surface area contributed by atoms with Crippen LogP contribution in [-0.2, 0) is 4.79 Å². The van der Waals surface area contributed by atoms with Crippen LogP contribution in [0.3, 0.4) is 0 Å². The molecule has 0 radical (unpaired) electrons. The molecular weight excluding hydrogens is 408 g/mol. The van der Waals surface area contributed by atoms with Gasteiger partial charge in [0.2, 0.25) is 5.91 Å². The van der Waals surface area contributed by atoms with Gasteiger partial charge in [-0.15, -0.1) is 0 Å². The van der Waals surface area contributed by atoms with E-state index in [2.05, 4.69) is 16.0 Å². The maximum atomic E-state index is 12.8. The van der Waals surface area contributed by atoms with E-state index < -0.39 is 0 Å². The quantitative estimate of drug-likeness (QED) is 0.570. The lowest BCUT2D eigenvalue weighted by molar-refractivity contribution is -0.128. The number of ether oxygens (including phenoxy) is 1. The first-order valence-electron chi connectivity index (χ1n) is 10.2. The van der Waals surface area contributed by atoms with Gasteiger partial charge in [0, 0.05) is 31.6 Å². The first-order valence-corrected chi connectivity index (χ1v) is 11.2. The lowest BCUT2D eigenvalue weighted by Gasteiger charge is -2.36. The highest BCUT2D eigenvalue weighted by molar-refractivity contribution is 8.00. The lowest BCUT2D eigenvalue weighted by atomic mass is 10.1. The molecule has 1 saturated heterocycles. The average Bonchev–Trinajstić information content (AvgIpc) is 2.82. The number of carbonyl (C=O) groups excluding carboxylic acids is 1. The first kappa shape index (κ1) is 21.0. The molecule has 7 heteroatoms. The summed E-state index contributed by atoms with van der Waals surface area (Å²) in [7, 11) is 1.67. The van der Waals surface area contributed by atoms with E-state index in [4.69, 9.17) is 4.74 Å². The Morgan fingerprint density at radius 1 is 1.16 bits per heavy atom. The number of nitriles is 1. The molecule has 0 N–H and O–H groups in total. The fraction of sp³-hybridized carbons (Fsp3) is 0.292. The minimum atomic E-state index is 0.0697. The predicted octanol–water partition coefficient (Wildman–Crippen LogP) is 3.86. The molecule has 1 amide bonds. The number of nitrogens with zero attached hydrogens (tertiary/aromatic N) is 4. The van der Waals surface area contributed by atoms with E-state index in [1.165, 1.54) is 11.8 Å². The minimum absolute atomic E-state index is 0.0697. The van der Waals surface area contributed by atoms with Crippen LogP contribution in [0.15, 0.2) is 53.6 Å². The van der Waals surface area contributed by atoms with E-state index >= 15 is 0 Å². The van der Waals surface area contributed by atoms with Crippen LogP contribution >= 0.6 is 11.8 Å². The fourth-order valence-corrected chi connectivity index (χ4v) is 4.69. The van der Waals surface area contributed by atoms with Crippen LogP contribution in [0.5, 0.6) is 5.75 Å². The molecule has 6 nitrogen and oxygen atoms in total. The molecule has 1 fully saturated rings. The van der Waals surface area contributed by atoms with Crippen molar-refractivity contribution in [1.82, 2.24) is 9.88 Å². The summed E-state index contributed by atoms with van der Waals surface area (Å²) in [6.07, 6.45) is 0. The number of fused-ring (bicyclic) bond motifs is 1. The Morgan fingerprint density at radius 3 is 2.68 bits per heavy atom. The summed E-state index contributed by atoms with van der Waals surface area (Å²) in [5.74, 6) is 1.19. The van der Waals surface area contributed by atoms with Crippen molar-refractivity contribution in [1.29, 1.82) is 5.26 Å². The van der Waals surface area contributed by atoms with Crippen LogP contribution in [0.25, 0.3) is 10.9 Å². The number of anilines is 1. The van der Waals surface area contributed by atoms with Crippen molar-refractivity contribution in [2.24, 2.45) is 0 Å². The number of methoxy groups -OCH3 is 1. The van der Waals surface area contributed by atoms with E-state index in [-0.39, 0.29) is 11.7 Å². The molecule has 31 heavy (non-hydrogen) atoms. The van der Waals surface area contributed by atoms with Crippen molar-refractivity contribution < 1.29 is 9.53 Å². The first-order chi connectivity index (χ1) is 15.1. The number of carbonyl (C=O) groups is 1. The van der Waals surface area contributed by atoms with Crippen molar-refractivity contribution >= 4 is 34.3 Å². The van der Waals surface area contributed by atoms with Gasteiger partial charge >= 0.3 is 0 Å². The molecule has 0 aliphatic carbocycles. The number of aryl methyl sites for hydroxylation is 1. The SMILES string of the molecule is COc1ccccc1N1CCN(C(=O)CSc2nc3c(C)cccc3cc2C#N)CC1. The molecule has 2 heterocycles. The standard InChI is InChI=1S/C24H24N4O2S/c1-17-6-5-7-18-14-19(15-25)24(26-23(17)18)31-16-22(29)28-12-10-27(11-13-28)20-8-3-4-9-21(20)30-2/h3-9,14H,10-13,16H2,1-2H3. The van der Waals surface area contributed by atoms with Crippen LogP contribution in [0.2, 0.25) is 0 Å². The molecule has 2 aromatic carbocycles. The number of hydrogen-bond donors (Lipinski definition) is 0. The van der Waals surface area contributed by atoms with Crippen molar-refractivity contribution in [3.8, 4) is 11.8 Å². The highest BCUT2D eigenvalue weighted by atomic mass is 32.2. The number of para-hydroxylation sites is 3. The number of pyridine rings is 1. The van der Waals surface area contributed by atoms with E-state index in [0.717, 1.165) is 41.0 Å². The Morgan fingerprint density at radius 2 is 1.94 bits per heavy atom. The van der Waals surface area contributed by atoms with Gasteiger partial charge < -0.3 is 14.5 Å². The molecule has 1 aromatic heterocycles. The summed E-state index contributed by atoms with van der Waals surface area (Å²) in [5.41, 5.74) is 3.50. The van der Waals surface area contributed by atoms with Crippen LogP contribution in [0, 0.1) is 18.3 Å². The molecule has 0 bridgehead atoms. The Bertz CT molecular complexity index is 1150. The van der Waals surface area contributed by atoms with Crippen molar-refractivity contribution in [2.75, 3.05) is 43.9 Å². The van der Waals surface area contributed by atoms with Crippen LogP contribution in [0.4, 0.5) is 5.69 Å². The second-order valence-corrected chi connectivity index (χ2v) is 8.39. The van der Waals surface area contributed by atoms with Crippen LogP contribution < -0.4 is 9.64 Å². The smallest absolute Gasteiger partial charge is 0.233 e. The molecule has 158 valence electrons. The number of amides is 1. The van der Waals surface area contributed by atoms with Gasteiger partial charge in [-0.25, -0.2) is 4.98 Å². The minimum Gasteiger partial charge on any atom is -0.495 e. The predicted molar refractivity (Wildman–Crippen MR) is 124 cm³/mol. The molecule has 3 aromatic rings. The molecule has 0 saturated carbocycles. The van der Waals surface area contributed by atoms with Gasteiger partial charge in [0.25, 0.3) is 0 Å². The van der Waals surface area contributed by atoms with Gasteiger partial charge in [0.15, 0.2) is 0 Å². The summed E-state index contributed by atoms with van der Waals surface area (Å²) < 4.78 is 5.46. The Labute approximate surface area is 186 Å². The zero-order valence-corrected chi connectivity index (χ0v) is 18.5. The van der Waals surface area contributed by atoms with Gasteiger partial charge in [-0.3, -0.25) is 4.79 Å². The highest BCUT2D eigenvalue weighted by Crippen LogP contribution is 2.29. The molecule has 0 unspecified atom stereocenters. The van der Waals surface area contributed by atoms with Gasteiger partial charge in [-0.05, 0) is 30.7 Å². The number of thioether (sulfide) groups is 1. The van der Waals surface area contributed by atoms with Crippen LogP contribution in [0.1, 0.15) is 11.1 Å². The van der Waals surface area contributed by atoms with Gasteiger partial charge in [-0.1, -0.05) is 42.1 Å². The summed E-state index contributed by atoms with van der Waals surface area (Å²) in [6.45, 7) is 4.84. The zero-order valence-electron chi connectivity index (χ0n) is 17.7. The van der Waals surface area contributed by atoms with Gasteiger partial charge in [0.05, 0.1) is 29.6 Å². The van der Waals surface area contributed by atoms with E-state index in [1.54, 1.807) is 7.11 Å². The van der Waals surface area contributed by atoms with E-state index in [0.29, 0.717) is 23.7 Å². The monoisotopic (exact) mass is 432 g/mol. The van der Waals surface area contributed by atoms with E-state index in [9.17, 15) is 10.1 Å². The maximum absolute atomic E-state index is 12.8. The lowest BCUT2D eigenvalue weighted by Crippen LogP contribution is -2.49. The Hall–Kier alpha value is -3.24. The highest BCUT2D eigenvalue weighted by Gasteiger charge is 2.23. The number of benzene rings is 2. The molecule has 0 spiro atoms. The summed E-state index contributed by atoms with van der Waals surface area (Å²) in [5, 5.41) is 11.1. The van der Waals surface area contributed by atoms with Crippen molar-refractivity contribution in [3.05, 3.63) is 59.7 Å². The maximum Gasteiger partial charge on any atom is 0.233 e. The molecule has 0 atom stereocenters. The molecule has 4 rings (SSSR count). The third kappa shape index (κ3) is 4.44. The summed E-state index contributed by atoms with van der Waals surface area (Å²) in [6, 6.07) is 17.9. The number of piperazine rings is 1. The van der Waals surface area contributed by atoms with E-state index in [1.807, 2.05) is 60.4 Å². The Balaban J connectivity index is 1.40. The number of aromatic nitrogens is 1. The summed E-state index contributed by atoms with van der Waals surface area (Å²) in [4.78, 5) is 21.6. The topological polar surface area (TPSA) is 69.5 Å². The normalized spacial score (nSPS) is 13.8. The second-order valence-electron chi connectivity index (χ2n) is 7.43. The van der Waals surface area contributed by atoms with Gasteiger partial charge in [0.1, 0.15) is 16.8 Å². The third-order valence-corrected chi connectivity index (χ3v) is 6.50. The summed E-state index contributed by atoms with van der Waals surface area (Å²) >= 11 is 1.34. The van der Waals surface area contributed by atoms with Crippen molar-refractivity contribution in [3.63, 3.8) is 0 Å². The van der Waals surface area contributed by atoms with Crippen LogP contribution in [-0.4, -0.2) is 54.8 Å². The molecule has 1 aliphatic rings. The Kier molecular flexibility index (Phi) is 6.28. The second kappa shape index (κ2) is 9.27. The fourth-order valence-electron chi connectivity index (χ4n) is 3.83. The number of rotatable bonds is 5. The molecular formula is C24H24N4O2S.